The average Bonchev–Trinajstić information content (AvgIpc) is 3.22. The van der Waals surface area contributed by atoms with Crippen molar-refractivity contribution in [3.05, 3.63) is 77.0 Å². The Morgan fingerprint density at radius 2 is 1.69 bits per heavy atom. The van der Waals surface area contributed by atoms with Gasteiger partial charge in [-0.15, -0.1) is 0 Å². The largest absolute Gasteiger partial charge is 0.497 e. The molecule has 0 aliphatic heterocycles. The van der Waals surface area contributed by atoms with Gasteiger partial charge in [-0.2, -0.15) is 4.98 Å². The van der Waals surface area contributed by atoms with Crippen LogP contribution in [-0.2, 0) is 0 Å². The summed E-state index contributed by atoms with van der Waals surface area (Å²) in [6.45, 7) is 0. The number of hydrogen-bond acceptors (Lipinski definition) is 6. The summed E-state index contributed by atoms with van der Waals surface area (Å²) in [6, 6.07) is 20.5. The second-order valence-electron chi connectivity index (χ2n) is 7.40. The summed E-state index contributed by atoms with van der Waals surface area (Å²) in [7, 11) is 3.19. The number of imidazole rings is 1. The molecule has 7 heteroatoms. The molecule has 0 saturated heterocycles. The lowest BCUT2D eigenvalue weighted by Crippen LogP contribution is -2.08. The van der Waals surface area contributed by atoms with Crippen molar-refractivity contribution in [1.82, 2.24) is 14.4 Å². The Balaban J connectivity index is 1.83. The first kappa shape index (κ1) is 18.4. The molecule has 3 heterocycles. The van der Waals surface area contributed by atoms with Crippen LogP contribution in [-0.4, -0.2) is 28.6 Å². The van der Waals surface area contributed by atoms with Crippen molar-refractivity contribution in [3.63, 3.8) is 0 Å². The first-order valence-electron chi connectivity index (χ1n) is 10.0. The molecule has 0 bridgehead atoms. The molecule has 32 heavy (non-hydrogen) atoms. The van der Waals surface area contributed by atoms with Gasteiger partial charge >= 0.3 is 0 Å². The number of nitrogens with zero attached hydrogens (tertiary/aromatic N) is 3. The van der Waals surface area contributed by atoms with Crippen LogP contribution < -0.4 is 14.9 Å². The van der Waals surface area contributed by atoms with Crippen LogP contribution in [0.25, 0.3) is 50.1 Å². The molecule has 0 spiro atoms. The smallest absolute Gasteiger partial charge is 0.236 e. The summed E-state index contributed by atoms with van der Waals surface area (Å²) < 4.78 is 18.7. The minimum Gasteiger partial charge on any atom is -0.497 e. The zero-order valence-electron chi connectivity index (χ0n) is 17.3. The van der Waals surface area contributed by atoms with Crippen molar-refractivity contribution in [2.24, 2.45) is 0 Å². The maximum atomic E-state index is 13.5. The molecule has 6 aromatic rings. The predicted molar refractivity (Wildman–Crippen MR) is 123 cm³/mol. The van der Waals surface area contributed by atoms with Crippen LogP contribution >= 0.6 is 0 Å². The number of hydrogen-bond donors (Lipinski definition) is 0. The minimum atomic E-state index is -0.186. The summed E-state index contributed by atoms with van der Waals surface area (Å²) >= 11 is 0. The van der Waals surface area contributed by atoms with Crippen LogP contribution in [0.3, 0.4) is 0 Å². The summed E-state index contributed by atoms with van der Waals surface area (Å²) in [5, 5.41) is 0.786. The molecular weight excluding hydrogens is 406 g/mol. The highest BCUT2D eigenvalue weighted by molar-refractivity contribution is 6.00. The Bertz CT molecular complexity index is 1730. The molecular formula is C25H17N3O4. The fourth-order valence-corrected chi connectivity index (χ4v) is 4.07. The van der Waals surface area contributed by atoms with Crippen LogP contribution in [0.5, 0.6) is 11.5 Å². The number of ether oxygens (including phenoxy) is 2. The number of para-hydroxylation sites is 2. The molecule has 0 N–H and O–H groups in total. The Morgan fingerprint density at radius 3 is 2.53 bits per heavy atom. The van der Waals surface area contributed by atoms with Gasteiger partial charge in [-0.05, 0) is 36.4 Å². The number of methoxy groups -OCH3 is 2. The van der Waals surface area contributed by atoms with Gasteiger partial charge in [0.15, 0.2) is 5.65 Å². The molecule has 0 unspecified atom stereocenters. The Hall–Kier alpha value is -4.39. The third kappa shape index (κ3) is 2.58. The SMILES string of the molecule is COc1cccc(-c2nc3oc4cc(OC)ccc4c(=O)c3c3nc4ccccc4n23)c1. The van der Waals surface area contributed by atoms with Crippen molar-refractivity contribution < 1.29 is 13.9 Å². The van der Waals surface area contributed by atoms with E-state index in [1.807, 2.05) is 52.9 Å². The highest BCUT2D eigenvalue weighted by atomic mass is 16.5. The molecule has 0 fully saturated rings. The molecule has 0 amide bonds. The maximum absolute atomic E-state index is 13.5. The van der Waals surface area contributed by atoms with E-state index in [2.05, 4.69) is 0 Å². The first-order chi connectivity index (χ1) is 15.7. The fraction of sp³-hybridized carbons (Fsp3) is 0.0800. The van der Waals surface area contributed by atoms with Crippen LogP contribution in [0.4, 0.5) is 0 Å². The van der Waals surface area contributed by atoms with Crippen molar-refractivity contribution in [3.8, 4) is 22.9 Å². The minimum absolute atomic E-state index is 0.186. The predicted octanol–water partition coefficient (Wildman–Crippen LogP) is 4.83. The fourth-order valence-electron chi connectivity index (χ4n) is 4.07. The summed E-state index contributed by atoms with van der Waals surface area (Å²) in [6.07, 6.45) is 0. The van der Waals surface area contributed by atoms with Crippen molar-refractivity contribution in [2.45, 2.75) is 0 Å². The Labute approximate surface area is 181 Å². The Morgan fingerprint density at radius 1 is 0.875 bits per heavy atom. The third-order valence-electron chi connectivity index (χ3n) is 5.61. The molecule has 0 aliphatic rings. The van der Waals surface area contributed by atoms with Crippen molar-refractivity contribution in [2.75, 3.05) is 14.2 Å². The summed E-state index contributed by atoms with van der Waals surface area (Å²) in [5.41, 5.74) is 3.37. The molecule has 0 atom stereocenters. The monoisotopic (exact) mass is 423 g/mol. The molecule has 3 aromatic carbocycles. The van der Waals surface area contributed by atoms with E-state index in [-0.39, 0.29) is 11.1 Å². The second-order valence-corrected chi connectivity index (χ2v) is 7.40. The van der Waals surface area contributed by atoms with Gasteiger partial charge in [0, 0.05) is 11.6 Å². The third-order valence-corrected chi connectivity index (χ3v) is 5.61. The van der Waals surface area contributed by atoms with Gasteiger partial charge in [-0.1, -0.05) is 24.3 Å². The lowest BCUT2D eigenvalue weighted by atomic mass is 10.1. The highest BCUT2D eigenvalue weighted by Crippen LogP contribution is 2.31. The van der Waals surface area contributed by atoms with Gasteiger partial charge in [-0.25, -0.2) is 4.98 Å². The van der Waals surface area contributed by atoms with E-state index in [1.165, 1.54) is 0 Å². The first-order valence-corrected chi connectivity index (χ1v) is 10.0. The van der Waals surface area contributed by atoms with E-state index in [9.17, 15) is 4.79 Å². The molecule has 0 saturated carbocycles. The van der Waals surface area contributed by atoms with Gasteiger partial charge < -0.3 is 13.9 Å². The topological polar surface area (TPSA) is 78.9 Å². The van der Waals surface area contributed by atoms with E-state index in [0.29, 0.717) is 39.3 Å². The normalized spacial score (nSPS) is 11.6. The summed E-state index contributed by atoms with van der Waals surface area (Å²) in [5.74, 6) is 1.90. The van der Waals surface area contributed by atoms with Crippen LogP contribution in [0.1, 0.15) is 0 Å². The highest BCUT2D eigenvalue weighted by Gasteiger charge is 2.20. The quantitative estimate of drug-likeness (QED) is 0.380. The van der Waals surface area contributed by atoms with E-state index in [4.69, 9.17) is 23.9 Å². The van der Waals surface area contributed by atoms with E-state index in [0.717, 1.165) is 16.6 Å². The molecule has 7 nitrogen and oxygen atoms in total. The average molecular weight is 423 g/mol. The number of aromatic nitrogens is 3. The second kappa shape index (κ2) is 6.81. The van der Waals surface area contributed by atoms with Gasteiger partial charge in [-0.3, -0.25) is 9.20 Å². The number of fused-ring (bicyclic) bond motifs is 6. The van der Waals surface area contributed by atoms with Gasteiger partial charge in [0.2, 0.25) is 11.1 Å². The molecule has 0 aliphatic carbocycles. The van der Waals surface area contributed by atoms with Gasteiger partial charge in [0.25, 0.3) is 0 Å². The van der Waals surface area contributed by atoms with E-state index < -0.39 is 0 Å². The van der Waals surface area contributed by atoms with Crippen LogP contribution in [0.15, 0.2) is 75.9 Å². The van der Waals surface area contributed by atoms with Gasteiger partial charge in [0.1, 0.15) is 28.3 Å². The Kier molecular flexibility index (Phi) is 3.91. The molecule has 156 valence electrons. The zero-order chi connectivity index (χ0) is 21.8. The van der Waals surface area contributed by atoms with Crippen LogP contribution in [0.2, 0.25) is 0 Å². The van der Waals surface area contributed by atoms with Gasteiger partial charge in [0.05, 0.1) is 30.6 Å². The van der Waals surface area contributed by atoms with Crippen molar-refractivity contribution in [1.29, 1.82) is 0 Å². The number of rotatable bonds is 3. The zero-order valence-corrected chi connectivity index (χ0v) is 17.3. The van der Waals surface area contributed by atoms with E-state index in [1.54, 1.807) is 32.4 Å². The van der Waals surface area contributed by atoms with E-state index >= 15 is 0 Å². The van der Waals surface area contributed by atoms with Crippen molar-refractivity contribution >= 4 is 38.7 Å². The number of benzene rings is 3. The lowest BCUT2D eigenvalue weighted by Gasteiger charge is -2.10. The summed E-state index contributed by atoms with van der Waals surface area (Å²) in [4.78, 5) is 23.1. The maximum Gasteiger partial charge on any atom is 0.236 e. The molecule has 6 rings (SSSR count). The van der Waals surface area contributed by atoms with Crippen LogP contribution in [0, 0.1) is 0 Å². The molecule has 3 aromatic heterocycles. The lowest BCUT2D eigenvalue weighted by molar-refractivity contribution is 0.414. The molecule has 0 radical (unpaired) electrons. The standard InChI is InChI=1S/C25H17N3O4/c1-30-15-7-5-6-14(12-15)23-27-25-21(24-26-18-8-3-4-9-19(18)28(23)24)22(29)17-11-10-16(31-2)13-20(17)32-25/h3-13H,1-2H3.